The molecule has 0 radical (unpaired) electrons. The molecule has 5 heteroatoms. The zero-order valence-electron chi connectivity index (χ0n) is 17.3. The second-order valence-corrected chi connectivity index (χ2v) is 7.62. The van der Waals surface area contributed by atoms with E-state index in [2.05, 4.69) is 16.9 Å². The normalized spacial score (nSPS) is 11.1. The average molecular weight is 412 g/mol. The smallest absolute Gasteiger partial charge is 0.194 e. The first-order valence-corrected chi connectivity index (χ1v) is 10.6. The molecule has 0 saturated heterocycles. The SMILES string of the molecule is CCCCCCCCCc1cnc(-c2ccc(-c3cc(F)c(F)c(F)c3)cc2)nc1. The molecular weight excluding hydrogens is 385 g/mol. The summed E-state index contributed by atoms with van der Waals surface area (Å²) in [7, 11) is 0. The van der Waals surface area contributed by atoms with Gasteiger partial charge in [-0.1, -0.05) is 69.7 Å². The van der Waals surface area contributed by atoms with Crippen LogP contribution >= 0.6 is 0 Å². The van der Waals surface area contributed by atoms with Gasteiger partial charge >= 0.3 is 0 Å². The maximum Gasteiger partial charge on any atom is 0.194 e. The van der Waals surface area contributed by atoms with Gasteiger partial charge in [0.25, 0.3) is 0 Å². The van der Waals surface area contributed by atoms with Crippen molar-refractivity contribution in [3.8, 4) is 22.5 Å². The number of halogens is 3. The van der Waals surface area contributed by atoms with E-state index < -0.39 is 17.5 Å². The summed E-state index contributed by atoms with van der Waals surface area (Å²) >= 11 is 0. The van der Waals surface area contributed by atoms with E-state index in [-0.39, 0.29) is 5.56 Å². The molecule has 30 heavy (non-hydrogen) atoms. The number of aromatic nitrogens is 2. The molecule has 0 aliphatic heterocycles. The number of rotatable bonds is 10. The van der Waals surface area contributed by atoms with Crippen molar-refractivity contribution in [1.29, 1.82) is 0 Å². The Morgan fingerprint density at radius 3 is 1.80 bits per heavy atom. The molecule has 3 rings (SSSR count). The van der Waals surface area contributed by atoms with E-state index in [1.54, 1.807) is 24.3 Å². The lowest BCUT2D eigenvalue weighted by Gasteiger charge is -2.06. The van der Waals surface area contributed by atoms with Crippen molar-refractivity contribution in [2.24, 2.45) is 0 Å². The van der Waals surface area contributed by atoms with Crippen LogP contribution in [0.5, 0.6) is 0 Å². The molecule has 0 spiro atoms. The van der Waals surface area contributed by atoms with Crippen molar-refractivity contribution in [2.75, 3.05) is 0 Å². The Kier molecular flexibility index (Phi) is 8.00. The number of benzene rings is 2. The molecule has 1 aromatic heterocycles. The Hall–Kier alpha value is -2.69. The Balaban J connectivity index is 1.56. The van der Waals surface area contributed by atoms with Crippen molar-refractivity contribution in [1.82, 2.24) is 9.97 Å². The van der Waals surface area contributed by atoms with E-state index in [0.717, 1.165) is 36.1 Å². The quantitative estimate of drug-likeness (QED) is 0.254. The number of hydrogen-bond acceptors (Lipinski definition) is 2. The van der Waals surface area contributed by atoms with Crippen molar-refractivity contribution < 1.29 is 13.2 Å². The standard InChI is InChI=1S/C25H27F3N2/c1-2-3-4-5-6-7-8-9-18-16-29-25(30-17-18)20-12-10-19(11-13-20)21-14-22(26)24(28)23(27)15-21/h10-17H,2-9H2,1H3. The third kappa shape index (κ3) is 5.91. The molecule has 0 fully saturated rings. The third-order valence-electron chi connectivity index (χ3n) is 5.23. The van der Waals surface area contributed by atoms with Crippen LogP contribution in [0.15, 0.2) is 48.8 Å². The minimum Gasteiger partial charge on any atom is -0.236 e. The molecule has 2 aromatic carbocycles. The minimum atomic E-state index is -1.46. The second-order valence-electron chi connectivity index (χ2n) is 7.62. The highest BCUT2D eigenvalue weighted by Gasteiger charge is 2.12. The molecule has 3 aromatic rings. The molecule has 2 nitrogen and oxygen atoms in total. The van der Waals surface area contributed by atoms with Crippen LogP contribution < -0.4 is 0 Å². The molecule has 0 N–H and O–H groups in total. The zero-order valence-corrected chi connectivity index (χ0v) is 17.3. The van der Waals surface area contributed by atoms with Gasteiger partial charge < -0.3 is 0 Å². The van der Waals surface area contributed by atoms with Crippen LogP contribution in [0.4, 0.5) is 13.2 Å². The highest BCUT2D eigenvalue weighted by atomic mass is 19.2. The fourth-order valence-electron chi connectivity index (χ4n) is 3.45. The van der Waals surface area contributed by atoms with Crippen molar-refractivity contribution in [3.63, 3.8) is 0 Å². The number of nitrogens with zero attached hydrogens (tertiary/aromatic N) is 2. The van der Waals surface area contributed by atoms with Gasteiger partial charge in [0.05, 0.1) is 0 Å². The van der Waals surface area contributed by atoms with Crippen LogP contribution in [0.3, 0.4) is 0 Å². The van der Waals surface area contributed by atoms with E-state index in [1.807, 2.05) is 12.4 Å². The summed E-state index contributed by atoms with van der Waals surface area (Å²) < 4.78 is 40.0. The Bertz CT molecular complexity index is 915. The summed E-state index contributed by atoms with van der Waals surface area (Å²) in [5.74, 6) is -3.26. The maximum atomic E-state index is 13.5. The summed E-state index contributed by atoms with van der Waals surface area (Å²) in [6, 6.07) is 9.00. The van der Waals surface area contributed by atoms with Crippen molar-refractivity contribution in [2.45, 2.75) is 58.3 Å². The zero-order chi connectivity index (χ0) is 21.3. The Labute approximate surface area is 176 Å². The van der Waals surface area contributed by atoms with E-state index >= 15 is 0 Å². The summed E-state index contributed by atoms with van der Waals surface area (Å²) in [4.78, 5) is 8.90. The molecular formula is C25H27F3N2. The lowest BCUT2D eigenvalue weighted by molar-refractivity contribution is 0.448. The largest absolute Gasteiger partial charge is 0.236 e. The first-order valence-electron chi connectivity index (χ1n) is 10.6. The predicted molar refractivity (Wildman–Crippen MR) is 114 cm³/mol. The highest BCUT2D eigenvalue weighted by Crippen LogP contribution is 2.26. The minimum absolute atomic E-state index is 0.281. The molecule has 0 saturated carbocycles. The van der Waals surface area contributed by atoms with Crippen LogP contribution in [0, 0.1) is 17.5 Å². The Morgan fingerprint density at radius 1 is 0.667 bits per heavy atom. The van der Waals surface area contributed by atoms with Gasteiger partial charge in [-0.05, 0) is 41.7 Å². The molecule has 0 atom stereocenters. The van der Waals surface area contributed by atoms with Gasteiger partial charge in [0.2, 0.25) is 0 Å². The van der Waals surface area contributed by atoms with Gasteiger partial charge in [-0.2, -0.15) is 0 Å². The van der Waals surface area contributed by atoms with Crippen molar-refractivity contribution in [3.05, 3.63) is 71.8 Å². The number of unbranched alkanes of at least 4 members (excludes halogenated alkanes) is 6. The first-order chi connectivity index (χ1) is 14.6. The Morgan fingerprint density at radius 2 is 1.20 bits per heavy atom. The monoisotopic (exact) mass is 412 g/mol. The van der Waals surface area contributed by atoms with Crippen LogP contribution in [0.2, 0.25) is 0 Å². The van der Waals surface area contributed by atoms with E-state index in [4.69, 9.17) is 0 Å². The van der Waals surface area contributed by atoms with E-state index in [1.165, 1.54) is 38.5 Å². The van der Waals surface area contributed by atoms with Gasteiger partial charge in [0.15, 0.2) is 23.3 Å². The summed E-state index contributed by atoms with van der Waals surface area (Å²) in [6.45, 7) is 2.23. The molecule has 0 aliphatic carbocycles. The molecule has 0 unspecified atom stereocenters. The second kappa shape index (κ2) is 10.9. The van der Waals surface area contributed by atoms with Crippen LogP contribution in [-0.4, -0.2) is 9.97 Å². The van der Waals surface area contributed by atoms with Crippen molar-refractivity contribution >= 4 is 0 Å². The average Bonchev–Trinajstić information content (AvgIpc) is 2.77. The molecule has 0 aliphatic rings. The lowest BCUT2D eigenvalue weighted by atomic mass is 10.0. The summed E-state index contributed by atoms with van der Waals surface area (Å²) in [5, 5.41) is 0. The molecule has 0 bridgehead atoms. The molecule has 1 heterocycles. The van der Waals surface area contributed by atoms with Gasteiger partial charge in [-0.25, -0.2) is 23.1 Å². The van der Waals surface area contributed by atoms with Gasteiger partial charge in [0.1, 0.15) is 0 Å². The number of aryl methyl sites for hydroxylation is 1. The predicted octanol–water partition coefficient (Wildman–Crippen LogP) is 7.52. The van der Waals surface area contributed by atoms with E-state index in [0.29, 0.717) is 11.4 Å². The highest BCUT2D eigenvalue weighted by molar-refractivity contribution is 5.67. The summed E-state index contributed by atoms with van der Waals surface area (Å²) in [5.41, 5.74) is 2.81. The van der Waals surface area contributed by atoms with Gasteiger partial charge in [-0.3, -0.25) is 0 Å². The topological polar surface area (TPSA) is 25.8 Å². The van der Waals surface area contributed by atoms with Crippen LogP contribution in [-0.2, 0) is 6.42 Å². The third-order valence-corrected chi connectivity index (χ3v) is 5.23. The fraction of sp³-hybridized carbons (Fsp3) is 0.360. The molecule has 158 valence electrons. The summed E-state index contributed by atoms with van der Waals surface area (Å²) in [6.07, 6.45) is 13.6. The van der Waals surface area contributed by atoms with Crippen LogP contribution in [0.25, 0.3) is 22.5 Å². The fourth-order valence-corrected chi connectivity index (χ4v) is 3.45. The van der Waals surface area contributed by atoms with Gasteiger partial charge in [-0.15, -0.1) is 0 Å². The van der Waals surface area contributed by atoms with Gasteiger partial charge in [0, 0.05) is 18.0 Å². The van der Waals surface area contributed by atoms with E-state index in [9.17, 15) is 13.2 Å². The maximum absolute atomic E-state index is 13.5. The first kappa shape index (κ1) is 22.0. The lowest BCUT2D eigenvalue weighted by Crippen LogP contribution is -1.94. The van der Waals surface area contributed by atoms with Crippen LogP contribution in [0.1, 0.15) is 57.4 Å². The molecule has 0 amide bonds. The number of hydrogen-bond donors (Lipinski definition) is 0.